The summed E-state index contributed by atoms with van der Waals surface area (Å²) in [5.74, 6) is 0.130. The Morgan fingerprint density at radius 1 is 1.19 bits per heavy atom. The van der Waals surface area contributed by atoms with Gasteiger partial charge in [0.05, 0.1) is 0 Å². The van der Waals surface area contributed by atoms with Crippen LogP contribution in [0.2, 0.25) is 0 Å². The summed E-state index contributed by atoms with van der Waals surface area (Å²) < 4.78 is 0.960. The average molecular weight is 344 g/mol. The van der Waals surface area contributed by atoms with Gasteiger partial charge in [-0.15, -0.1) is 0 Å². The minimum atomic E-state index is 0.130. The molecule has 3 heteroatoms. The molecule has 2 aromatic rings. The highest BCUT2D eigenvalue weighted by Gasteiger charge is 2.33. The fourth-order valence-corrected chi connectivity index (χ4v) is 3.17. The SMILES string of the molecule is Cc1cc(Br)cc(C(=O)N(Cc2ccccc2)C2CC2)c1. The first-order valence-electron chi connectivity index (χ1n) is 7.25. The molecule has 0 aromatic heterocycles. The Kier molecular flexibility index (Phi) is 4.11. The van der Waals surface area contributed by atoms with E-state index in [0.29, 0.717) is 12.6 Å². The van der Waals surface area contributed by atoms with Crippen LogP contribution < -0.4 is 0 Å². The molecule has 0 radical (unpaired) electrons. The zero-order valence-electron chi connectivity index (χ0n) is 12.1. The second kappa shape index (κ2) is 6.02. The lowest BCUT2D eigenvalue weighted by atomic mass is 10.1. The third-order valence-corrected chi connectivity index (χ3v) is 4.19. The van der Waals surface area contributed by atoms with Gasteiger partial charge in [-0.3, -0.25) is 4.79 Å². The van der Waals surface area contributed by atoms with Crippen molar-refractivity contribution in [1.82, 2.24) is 4.90 Å². The Balaban J connectivity index is 1.85. The Morgan fingerprint density at radius 2 is 1.90 bits per heavy atom. The molecular weight excluding hydrogens is 326 g/mol. The van der Waals surface area contributed by atoms with Gasteiger partial charge >= 0.3 is 0 Å². The van der Waals surface area contributed by atoms with Crippen LogP contribution in [0.25, 0.3) is 0 Å². The first kappa shape index (κ1) is 14.3. The van der Waals surface area contributed by atoms with Gasteiger partial charge in [0.2, 0.25) is 0 Å². The molecule has 1 amide bonds. The molecule has 1 fully saturated rings. The first-order valence-corrected chi connectivity index (χ1v) is 8.05. The zero-order chi connectivity index (χ0) is 14.8. The van der Waals surface area contributed by atoms with Crippen LogP contribution in [0.5, 0.6) is 0 Å². The van der Waals surface area contributed by atoms with Crippen LogP contribution >= 0.6 is 15.9 Å². The normalized spacial score (nSPS) is 14.0. The van der Waals surface area contributed by atoms with Crippen molar-refractivity contribution in [3.05, 3.63) is 69.7 Å². The van der Waals surface area contributed by atoms with Crippen molar-refractivity contribution in [2.45, 2.75) is 32.4 Å². The summed E-state index contributed by atoms with van der Waals surface area (Å²) in [4.78, 5) is 14.9. The van der Waals surface area contributed by atoms with Crippen molar-refractivity contribution < 1.29 is 4.79 Å². The average Bonchev–Trinajstić information content (AvgIpc) is 3.29. The van der Waals surface area contributed by atoms with Gasteiger partial charge in [0.15, 0.2) is 0 Å². The minimum Gasteiger partial charge on any atom is -0.331 e. The summed E-state index contributed by atoms with van der Waals surface area (Å²) >= 11 is 3.48. The molecule has 0 saturated heterocycles. The van der Waals surface area contributed by atoms with E-state index in [0.717, 1.165) is 28.4 Å². The largest absolute Gasteiger partial charge is 0.331 e. The molecule has 1 aliphatic rings. The molecule has 0 heterocycles. The van der Waals surface area contributed by atoms with E-state index < -0.39 is 0 Å². The van der Waals surface area contributed by atoms with Crippen molar-refractivity contribution in [1.29, 1.82) is 0 Å². The number of amides is 1. The molecule has 2 nitrogen and oxygen atoms in total. The molecular formula is C18H18BrNO. The fraction of sp³-hybridized carbons (Fsp3) is 0.278. The lowest BCUT2D eigenvalue weighted by Crippen LogP contribution is -2.32. The van der Waals surface area contributed by atoms with Gasteiger partial charge in [-0.2, -0.15) is 0 Å². The Bertz CT molecular complexity index is 629. The van der Waals surface area contributed by atoms with Crippen LogP contribution in [0.3, 0.4) is 0 Å². The summed E-state index contributed by atoms with van der Waals surface area (Å²) in [5.41, 5.74) is 3.05. The molecule has 0 bridgehead atoms. The molecule has 3 rings (SSSR count). The Hall–Kier alpha value is -1.61. The van der Waals surface area contributed by atoms with Crippen LogP contribution in [0, 0.1) is 6.92 Å². The molecule has 1 aliphatic carbocycles. The molecule has 21 heavy (non-hydrogen) atoms. The van der Waals surface area contributed by atoms with E-state index in [4.69, 9.17) is 0 Å². The first-order chi connectivity index (χ1) is 10.1. The summed E-state index contributed by atoms with van der Waals surface area (Å²) in [6, 6.07) is 16.5. The van der Waals surface area contributed by atoms with Crippen LogP contribution in [0.1, 0.15) is 34.3 Å². The highest BCUT2D eigenvalue weighted by molar-refractivity contribution is 9.10. The number of benzene rings is 2. The van der Waals surface area contributed by atoms with E-state index in [1.807, 2.05) is 48.2 Å². The van der Waals surface area contributed by atoms with Crippen molar-refractivity contribution in [3.8, 4) is 0 Å². The molecule has 0 aliphatic heterocycles. The molecule has 0 unspecified atom stereocenters. The topological polar surface area (TPSA) is 20.3 Å². The van der Waals surface area contributed by atoms with Crippen molar-refractivity contribution in [2.24, 2.45) is 0 Å². The lowest BCUT2D eigenvalue weighted by Gasteiger charge is -2.23. The van der Waals surface area contributed by atoms with Gasteiger partial charge in [-0.1, -0.05) is 46.3 Å². The summed E-state index contributed by atoms with van der Waals surface area (Å²) in [6.45, 7) is 2.70. The predicted octanol–water partition coefficient (Wildman–Crippen LogP) is 4.56. The number of nitrogens with zero attached hydrogens (tertiary/aromatic N) is 1. The van der Waals surface area contributed by atoms with E-state index in [-0.39, 0.29) is 5.91 Å². The molecule has 1 saturated carbocycles. The second-order valence-electron chi connectivity index (χ2n) is 5.67. The molecule has 0 spiro atoms. The number of rotatable bonds is 4. The van der Waals surface area contributed by atoms with Crippen molar-refractivity contribution >= 4 is 21.8 Å². The zero-order valence-corrected chi connectivity index (χ0v) is 13.6. The van der Waals surface area contributed by atoms with Crippen LogP contribution in [-0.2, 0) is 6.54 Å². The van der Waals surface area contributed by atoms with E-state index in [9.17, 15) is 4.79 Å². The highest BCUT2D eigenvalue weighted by atomic mass is 79.9. The maximum Gasteiger partial charge on any atom is 0.254 e. The monoisotopic (exact) mass is 343 g/mol. The van der Waals surface area contributed by atoms with Gasteiger partial charge in [-0.25, -0.2) is 0 Å². The van der Waals surface area contributed by atoms with Crippen LogP contribution in [0.15, 0.2) is 53.0 Å². The number of carbonyl (C=O) groups is 1. The smallest absolute Gasteiger partial charge is 0.254 e. The van der Waals surface area contributed by atoms with E-state index in [1.165, 1.54) is 5.56 Å². The number of aryl methyl sites for hydroxylation is 1. The van der Waals surface area contributed by atoms with Gasteiger partial charge in [0.1, 0.15) is 0 Å². The summed E-state index contributed by atoms with van der Waals surface area (Å²) in [6.07, 6.45) is 2.23. The Labute approximate surface area is 133 Å². The quantitative estimate of drug-likeness (QED) is 0.796. The van der Waals surface area contributed by atoms with Gasteiger partial charge in [0.25, 0.3) is 5.91 Å². The molecule has 0 N–H and O–H groups in total. The molecule has 2 aromatic carbocycles. The van der Waals surface area contributed by atoms with Crippen molar-refractivity contribution in [2.75, 3.05) is 0 Å². The summed E-state index contributed by atoms with van der Waals surface area (Å²) in [5, 5.41) is 0. The maximum absolute atomic E-state index is 12.8. The highest BCUT2D eigenvalue weighted by Crippen LogP contribution is 2.30. The fourth-order valence-electron chi connectivity index (χ4n) is 2.56. The standard InChI is InChI=1S/C18H18BrNO/c1-13-9-15(11-16(19)10-13)18(21)20(17-7-8-17)12-14-5-3-2-4-6-14/h2-6,9-11,17H,7-8,12H2,1H3. The molecule has 108 valence electrons. The Morgan fingerprint density at radius 3 is 2.52 bits per heavy atom. The van der Waals surface area contributed by atoms with Gasteiger partial charge < -0.3 is 4.90 Å². The third kappa shape index (κ3) is 3.53. The van der Waals surface area contributed by atoms with Crippen molar-refractivity contribution in [3.63, 3.8) is 0 Å². The minimum absolute atomic E-state index is 0.130. The molecule has 0 atom stereocenters. The van der Waals surface area contributed by atoms with Gasteiger partial charge in [-0.05, 0) is 49.1 Å². The van der Waals surface area contributed by atoms with Crippen LogP contribution in [-0.4, -0.2) is 16.8 Å². The van der Waals surface area contributed by atoms with E-state index in [2.05, 4.69) is 28.1 Å². The number of halogens is 1. The van der Waals surface area contributed by atoms with E-state index in [1.54, 1.807) is 0 Å². The predicted molar refractivity (Wildman–Crippen MR) is 88.2 cm³/mol. The van der Waals surface area contributed by atoms with Crippen LogP contribution in [0.4, 0.5) is 0 Å². The third-order valence-electron chi connectivity index (χ3n) is 3.73. The maximum atomic E-state index is 12.8. The lowest BCUT2D eigenvalue weighted by molar-refractivity contribution is 0.0729. The van der Waals surface area contributed by atoms with Gasteiger partial charge in [0, 0.05) is 22.6 Å². The van der Waals surface area contributed by atoms with E-state index >= 15 is 0 Å². The number of hydrogen-bond donors (Lipinski definition) is 0. The summed E-state index contributed by atoms with van der Waals surface area (Å²) in [7, 11) is 0. The number of hydrogen-bond acceptors (Lipinski definition) is 1. The second-order valence-corrected chi connectivity index (χ2v) is 6.58. The number of carbonyl (C=O) groups excluding carboxylic acids is 1.